The van der Waals surface area contributed by atoms with E-state index in [-0.39, 0.29) is 19.0 Å². The Balaban J connectivity index is 0.00000341. The number of carbonyl (C=O) groups excluding carboxylic acids is 1. The summed E-state index contributed by atoms with van der Waals surface area (Å²) >= 11 is 0. The molecule has 0 saturated heterocycles. The van der Waals surface area contributed by atoms with Crippen molar-refractivity contribution in [3.05, 3.63) is 84.2 Å². The van der Waals surface area contributed by atoms with Crippen molar-refractivity contribution >= 4 is 18.3 Å². The number of ether oxygens (including phenoxy) is 1. The lowest BCUT2D eigenvalue weighted by molar-refractivity contribution is -0.141. The van der Waals surface area contributed by atoms with Crippen molar-refractivity contribution in [3.8, 4) is 16.9 Å². The lowest BCUT2D eigenvalue weighted by Gasteiger charge is -2.25. The second-order valence-corrected chi connectivity index (χ2v) is 6.95. The van der Waals surface area contributed by atoms with Crippen LogP contribution in [0.25, 0.3) is 11.1 Å². The highest BCUT2D eigenvalue weighted by Gasteiger charge is 2.24. The van der Waals surface area contributed by atoms with Crippen molar-refractivity contribution in [1.82, 2.24) is 9.88 Å². The van der Waals surface area contributed by atoms with Crippen LogP contribution in [0.3, 0.4) is 0 Å². The van der Waals surface area contributed by atoms with Crippen molar-refractivity contribution in [2.24, 2.45) is 0 Å². The van der Waals surface area contributed by atoms with Gasteiger partial charge >= 0.3 is 0 Å². The number of halogens is 1. The Morgan fingerprint density at radius 1 is 1.06 bits per heavy atom. The number of rotatable bonds is 9. The smallest absolute Gasteiger partial charge is 0.256 e. The minimum atomic E-state index is -1.28. The van der Waals surface area contributed by atoms with Crippen LogP contribution < -0.4 is 4.74 Å². The molecule has 0 aliphatic carbocycles. The van der Waals surface area contributed by atoms with E-state index >= 15 is 0 Å². The second kappa shape index (κ2) is 12.1. The van der Waals surface area contributed by atoms with Gasteiger partial charge in [-0.25, -0.2) is 0 Å². The number of nitrogens with zero attached hydrogens (tertiary/aromatic N) is 2. The van der Waals surface area contributed by atoms with Gasteiger partial charge in [-0.05, 0) is 52.9 Å². The molecule has 2 N–H and O–H groups in total. The van der Waals surface area contributed by atoms with Crippen LogP contribution in [-0.4, -0.2) is 46.3 Å². The maximum absolute atomic E-state index is 13.0. The van der Waals surface area contributed by atoms with Gasteiger partial charge < -0.3 is 19.8 Å². The van der Waals surface area contributed by atoms with Crippen LogP contribution in [0.1, 0.15) is 23.7 Å². The average Bonchev–Trinajstić information content (AvgIpc) is 2.81. The van der Waals surface area contributed by atoms with Gasteiger partial charge in [-0.2, -0.15) is 0 Å². The molecule has 0 aliphatic rings. The number of aliphatic hydroxyl groups excluding tert-OH is 2. The van der Waals surface area contributed by atoms with Crippen molar-refractivity contribution in [2.75, 3.05) is 20.3 Å². The first kappa shape index (κ1) is 24.3. The van der Waals surface area contributed by atoms with Gasteiger partial charge in [0, 0.05) is 32.1 Å². The number of aromatic nitrogens is 1. The van der Waals surface area contributed by atoms with Gasteiger partial charge in [-0.1, -0.05) is 36.4 Å². The fourth-order valence-corrected chi connectivity index (χ4v) is 3.24. The first-order valence-corrected chi connectivity index (χ1v) is 9.83. The molecular weight excluding hydrogens is 416 g/mol. The van der Waals surface area contributed by atoms with Crippen molar-refractivity contribution in [2.45, 2.75) is 19.1 Å². The summed E-state index contributed by atoms with van der Waals surface area (Å²) < 4.78 is 5.25. The third-order valence-electron chi connectivity index (χ3n) is 4.88. The molecular formula is C24H27ClN2O4. The van der Waals surface area contributed by atoms with Crippen LogP contribution in [0.4, 0.5) is 0 Å². The van der Waals surface area contributed by atoms with Crippen LogP contribution >= 0.6 is 12.4 Å². The van der Waals surface area contributed by atoms with Gasteiger partial charge in [-0.3, -0.25) is 9.78 Å². The normalized spacial score (nSPS) is 11.3. The zero-order chi connectivity index (χ0) is 21.3. The van der Waals surface area contributed by atoms with Crippen molar-refractivity contribution in [1.29, 1.82) is 0 Å². The van der Waals surface area contributed by atoms with E-state index < -0.39 is 12.0 Å². The fraction of sp³-hybridized carbons (Fsp3) is 0.250. The summed E-state index contributed by atoms with van der Waals surface area (Å²) in [6, 6.07) is 18.5. The molecule has 1 aromatic heterocycles. The molecule has 0 radical (unpaired) electrons. The minimum absolute atomic E-state index is 0. The summed E-state index contributed by atoms with van der Waals surface area (Å²) in [6.45, 7) is 0.638. The Morgan fingerprint density at radius 2 is 1.74 bits per heavy atom. The predicted molar refractivity (Wildman–Crippen MR) is 122 cm³/mol. The molecule has 3 aromatic rings. The summed E-state index contributed by atoms with van der Waals surface area (Å²) in [7, 11) is 1.59. The van der Waals surface area contributed by atoms with Gasteiger partial charge in [0.05, 0.1) is 7.11 Å². The molecule has 1 atom stereocenters. The lowest BCUT2D eigenvalue weighted by Crippen LogP contribution is -2.36. The van der Waals surface area contributed by atoms with Crippen molar-refractivity contribution < 1.29 is 19.7 Å². The van der Waals surface area contributed by atoms with Crippen LogP contribution in [-0.2, 0) is 11.3 Å². The Morgan fingerprint density at radius 3 is 2.39 bits per heavy atom. The van der Waals surface area contributed by atoms with Gasteiger partial charge in [0.2, 0.25) is 0 Å². The Labute approximate surface area is 188 Å². The summed E-state index contributed by atoms with van der Waals surface area (Å²) in [5, 5.41) is 19.9. The quantitative estimate of drug-likeness (QED) is 0.528. The number of benzene rings is 2. The number of carbonyl (C=O) groups is 1. The first-order chi connectivity index (χ1) is 14.6. The second-order valence-electron chi connectivity index (χ2n) is 6.95. The molecule has 1 unspecified atom stereocenters. The van der Waals surface area contributed by atoms with E-state index in [1.165, 1.54) is 0 Å². The first-order valence-electron chi connectivity index (χ1n) is 9.83. The molecule has 0 aliphatic heterocycles. The number of hydrogen-bond donors (Lipinski definition) is 2. The number of pyridine rings is 1. The highest BCUT2D eigenvalue weighted by Crippen LogP contribution is 2.23. The fourth-order valence-electron chi connectivity index (χ4n) is 3.24. The molecule has 0 saturated carbocycles. The topological polar surface area (TPSA) is 82.9 Å². The van der Waals surface area contributed by atoms with E-state index in [1.807, 2.05) is 48.5 Å². The summed E-state index contributed by atoms with van der Waals surface area (Å²) in [5.41, 5.74) is 3.41. The molecule has 0 fully saturated rings. The van der Waals surface area contributed by atoms with Gasteiger partial charge in [-0.15, -0.1) is 12.4 Å². The van der Waals surface area contributed by atoms with Gasteiger partial charge in [0.15, 0.2) is 6.10 Å². The molecule has 7 heteroatoms. The molecule has 1 heterocycles. The number of hydrogen-bond acceptors (Lipinski definition) is 5. The van der Waals surface area contributed by atoms with E-state index in [4.69, 9.17) is 4.74 Å². The van der Waals surface area contributed by atoms with Crippen molar-refractivity contribution in [3.63, 3.8) is 0 Å². The van der Waals surface area contributed by atoms with Gasteiger partial charge in [0.1, 0.15) is 5.75 Å². The average molecular weight is 443 g/mol. The monoisotopic (exact) mass is 442 g/mol. The third-order valence-corrected chi connectivity index (χ3v) is 4.88. The third kappa shape index (κ3) is 6.52. The molecule has 0 bridgehead atoms. The summed E-state index contributed by atoms with van der Waals surface area (Å²) in [5.74, 6) is 0.303. The molecule has 6 nitrogen and oxygen atoms in total. The number of aliphatic hydroxyl groups is 2. The van der Waals surface area contributed by atoms with E-state index in [0.29, 0.717) is 30.8 Å². The zero-order valence-corrected chi connectivity index (χ0v) is 18.2. The van der Waals surface area contributed by atoms with E-state index in [9.17, 15) is 15.0 Å². The Hall–Kier alpha value is -2.93. The summed E-state index contributed by atoms with van der Waals surface area (Å²) in [6.07, 6.45) is 2.60. The van der Waals surface area contributed by atoms with E-state index in [2.05, 4.69) is 4.98 Å². The highest BCUT2D eigenvalue weighted by molar-refractivity contribution is 5.85. The number of amides is 1. The van der Waals surface area contributed by atoms with E-state index in [1.54, 1.807) is 36.5 Å². The highest BCUT2D eigenvalue weighted by atomic mass is 35.5. The van der Waals surface area contributed by atoms with E-state index in [0.717, 1.165) is 16.7 Å². The van der Waals surface area contributed by atoms with Crippen LogP contribution in [0.5, 0.6) is 5.75 Å². The van der Waals surface area contributed by atoms with Crippen LogP contribution in [0.2, 0.25) is 0 Å². The predicted octanol–water partition coefficient (Wildman–Crippen LogP) is 3.62. The van der Waals surface area contributed by atoms with Crippen LogP contribution in [0.15, 0.2) is 73.1 Å². The molecule has 164 valence electrons. The molecule has 0 spiro atoms. The molecule has 3 rings (SSSR count). The number of methoxy groups -OCH3 is 1. The molecule has 1 amide bonds. The zero-order valence-electron chi connectivity index (χ0n) is 17.3. The largest absolute Gasteiger partial charge is 0.497 e. The molecule has 31 heavy (non-hydrogen) atoms. The Bertz CT molecular complexity index is 951. The molecule has 2 aromatic carbocycles. The van der Waals surface area contributed by atoms with Crippen LogP contribution in [0, 0.1) is 0 Å². The maximum atomic E-state index is 13.0. The lowest BCUT2D eigenvalue weighted by atomic mass is 10.0. The minimum Gasteiger partial charge on any atom is -0.497 e. The van der Waals surface area contributed by atoms with Gasteiger partial charge in [0.25, 0.3) is 5.91 Å². The maximum Gasteiger partial charge on any atom is 0.256 e. The Kier molecular flexibility index (Phi) is 9.46. The summed E-state index contributed by atoms with van der Waals surface area (Å²) in [4.78, 5) is 18.6. The SMILES string of the molecule is COc1cccc(CN(CCCO)C(=O)C(O)c2ccc(-c3ccncc3)cc2)c1.Cl. The standard InChI is InChI=1S/C24H26N2O4.ClH/c1-30-22-5-2-4-18(16-22)17-26(14-3-15-27)24(29)23(28)21-8-6-19(7-9-21)20-10-12-25-13-11-20;/h2,4-13,16,23,27-28H,3,14-15,17H2,1H3;1H.